The highest BCUT2D eigenvalue weighted by molar-refractivity contribution is 5.96. The zero-order valence-corrected chi connectivity index (χ0v) is 18.3. The smallest absolute Gasteiger partial charge is 0.251 e. The summed E-state index contributed by atoms with van der Waals surface area (Å²) in [5.74, 6) is 1.93. The van der Waals surface area contributed by atoms with E-state index in [0.717, 1.165) is 28.1 Å². The Morgan fingerprint density at radius 2 is 1.88 bits per heavy atom. The number of hydrogen-bond donors (Lipinski definition) is 1. The molecule has 0 atom stereocenters. The van der Waals surface area contributed by atoms with Crippen LogP contribution in [0.1, 0.15) is 21.5 Å². The fourth-order valence-electron chi connectivity index (χ4n) is 3.41. The summed E-state index contributed by atoms with van der Waals surface area (Å²) >= 11 is 0. The number of pyridine rings is 1. The Bertz CT molecular complexity index is 1230. The Kier molecular flexibility index (Phi) is 6.22. The molecule has 2 heterocycles. The van der Waals surface area contributed by atoms with Gasteiger partial charge in [-0.3, -0.25) is 9.78 Å². The van der Waals surface area contributed by atoms with E-state index in [2.05, 4.69) is 10.3 Å². The first-order chi connectivity index (χ1) is 15.5. The van der Waals surface area contributed by atoms with E-state index in [1.54, 1.807) is 19.4 Å². The summed E-state index contributed by atoms with van der Waals surface area (Å²) in [5, 5.41) is 2.97. The third-order valence-corrected chi connectivity index (χ3v) is 5.23. The van der Waals surface area contributed by atoms with E-state index in [4.69, 9.17) is 9.47 Å². The van der Waals surface area contributed by atoms with Crippen LogP contribution >= 0.6 is 0 Å². The van der Waals surface area contributed by atoms with Gasteiger partial charge < -0.3 is 19.4 Å². The molecule has 162 valence electrons. The maximum absolute atomic E-state index is 12.8. The number of benzene rings is 2. The molecule has 4 rings (SSSR count). The van der Waals surface area contributed by atoms with E-state index in [1.807, 2.05) is 85.5 Å². The van der Waals surface area contributed by atoms with Gasteiger partial charge in [0, 0.05) is 54.9 Å². The van der Waals surface area contributed by atoms with Crippen LogP contribution < -0.4 is 14.8 Å². The van der Waals surface area contributed by atoms with Gasteiger partial charge in [-0.2, -0.15) is 0 Å². The van der Waals surface area contributed by atoms with E-state index in [-0.39, 0.29) is 5.91 Å². The monoisotopic (exact) mass is 427 g/mol. The number of nitrogens with zero attached hydrogens (tertiary/aromatic N) is 2. The number of amides is 1. The van der Waals surface area contributed by atoms with Crippen molar-refractivity contribution < 1.29 is 14.3 Å². The minimum absolute atomic E-state index is 0.150. The van der Waals surface area contributed by atoms with Crippen LogP contribution in [0.4, 0.5) is 0 Å². The maximum Gasteiger partial charge on any atom is 0.251 e. The van der Waals surface area contributed by atoms with Crippen LogP contribution in [0.3, 0.4) is 0 Å². The molecular formula is C26H25N3O3. The molecule has 32 heavy (non-hydrogen) atoms. The molecular weight excluding hydrogens is 402 g/mol. The van der Waals surface area contributed by atoms with Crippen LogP contribution in [0.15, 0.2) is 79.3 Å². The number of aryl methyl sites for hydroxylation is 1. The van der Waals surface area contributed by atoms with Gasteiger partial charge in [-0.15, -0.1) is 0 Å². The van der Waals surface area contributed by atoms with Gasteiger partial charge in [0.25, 0.3) is 5.91 Å². The fourth-order valence-corrected chi connectivity index (χ4v) is 3.41. The molecule has 0 saturated carbocycles. The highest BCUT2D eigenvalue weighted by Crippen LogP contribution is 2.29. The normalized spacial score (nSPS) is 10.6. The molecule has 0 spiro atoms. The molecule has 0 bridgehead atoms. The number of rotatable bonds is 7. The van der Waals surface area contributed by atoms with Crippen molar-refractivity contribution in [3.8, 4) is 28.5 Å². The number of ether oxygens (including phenoxy) is 2. The second kappa shape index (κ2) is 9.39. The van der Waals surface area contributed by atoms with Gasteiger partial charge in [0.15, 0.2) is 0 Å². The molecule has 0 aliphatic heterocycles. The molecule has 0 saturated heterocycles. The third-order valence-electron chi connectivity index (χ3n) is 5.23. The summed E-state index contributed by atoms with van der Waals surface area (Å²) in [6, 6.07) is 18.8. The number of aromatic nitrogens is 2. The number of carbonyl (C=O) groups is 1. The van der Waals surface area contributed by atoms with E-state index < -0.39 is 0 Å². The number of methoxy groups -OCH3 is 1. The molecule has 0 aliphatic rings. The fraction of sp³-hybridized carbons (Fsp3) is 0.154. The van der Waals surface area contributed by atoms with E-state index in [1.165, 1.54) is 0 Å². The number of carbonyl (C=O) groups excluding carboxylic acids is 1. The molecule has 1 N–H and O–H groups in total. The molecule has 6 nitrogen and oxygen atoms in total. The van der Waals surface area contributed by atoms with Gasteiger partial charge in [-0.25, -0.2) is 0 Å². The Morgan fingerprint density at radius 3 is 2.59 bits per heavy atom. The zero-order chi connectivity index (χ0) is 22.5. The van der Waals surface area contributed by atoms with E-state index in [9.17, 15) is 4.79 Å². The Hall–Kier alpha value is -4.06. The highest BCUT2D eigenvalue weighted by atomic mass is 16.5. The van der Waals surface area contributed by atoms with Crippen molar-refractivity contribution in [1.82, 2.24) is 14.9 Å². The summed E-state index contributed by atoms with van der Waals surface area (Å²) in [5.41, 5.74) is 4.19. The van der Waals surface area contributed by atoms with Crippen LogP contribution in [-0.4, -0.2) is 22.6 Å². The first-order valence-electron chi connectivity index (χ1n) is 10.3. The SMILES string of the molecule is COc1ccc(CNC(=O)c2cccc(Oc3ccnc(-c4ccn(C)c4)c3)c2C)cc1. The quantitative estimate of drug-likeness (QED) is 0.444. The Labute approximate surface area is 187 Å². The van der Waals surface area contributed by atoms with Crippen LogP contribution in [0, 0.1) is 6.92 Å². The average Bonchev–Trinajstić information content (AvgIpc) is 3.26. The largest absolute Gasteiger partial charge is 0.497 e. The molecule has 0 radical (unpaired) electrons. The lowest BCUT2D eigenvalue weighted by atomic mass is 10.1. The van der Waals surface area contributed by atoms with Gasteiger partial charge >= 0.3 is 0 Å². The minimum Gasteiger partial charge on any atom is -0.497 e. The molecule has 0 unspecified atom stereocenters. The average molecular weight is 428 g/mol. The highest BCUT2D eigenvalue weighted by Gasteiger charge is 2.13. The molecule has 2 aromatic carbocycles. The zero-order valence-electron chi connectivity index (χ0n) is 18.3. The van der Waals surface area contributed by atoms with Gasteiger partial charge in [0.05, 0.1) is 12.8 Å². The lowest BCUT2D eigenvalue weighted by Gasteiger charge is -2.13. The first-order valence-corrected chi connectivity index (χ1v) is 10.3. The Morgan fingerprint density at radius 1 is 1.06 bits per heavy atom. The molecule has 1 amide bonds. The molecule has 0 aliphatic carbocycles. The minimum atomic E-state index is -0.150. The molecule has 4 aromatic rings. The third kappa shape index (κ3) is 4.81. The summed E-state index contributed by atoms with van der Waals surface area (Å²) in [4.78, 5) is 17.2. The predicted octanol–water partition coefficient (Wildman–Crippen LogP) is 5.13. The number of nitrogens with one attached hydrogen (secondary N) is 1. The van der Waals surface area contributed by atoms with Crippen molar-refractivity contribution in [3.63, 3.8) is 0 Å². The molecule has 6 heteroatoms. The van der Waals surface area contributed by atoms with Gasteiger partial charge in [0.2, 0.25) is 0 Å². The standard InChI is InChI=1S/C26H25N3O3/c1-18-23(26(30)28-16-19-7-9-21(31-3)10-8-19)5-4-6-25(18)32-22-11-13-27-24(15-22)20-12-14-29(2)17-20/h4-15,17H,16H2,1-3H3,(H,28,30). The van der Waals surface area contributed by atoms with Gasteiger partial charge in [-0.05, 0) is 48.9 Å². The summed E-state index contributed by atoms with van der Waals surface area (Å²) in [7, 11) is 3.60. The van der Waals surface area contributed by atoms with Crippen LogP contribution in [0.2, 0.25) is 0 Å². The summed E-state index contributed by atoms with van der Waals surface area (Å²) in [6.45, 7) is 2.31. The predicted molar refractivity (Wildman–Crippen MR) is 124 cm³/mol. The van der Waals surface area contributed by atoms with Crippen molar-refractivity contribution in [2.45, 2.75) is 13.5 Å². The van der Waals surface area contributed by atoms with Crippen molar-refractivity contribution in [3.05, 3.63) is 95.9 Å². The lowest BCUT2D eigenvalue weighted by molar-refractivity contribution is 0.0950. The van der Waals surface area contributed by atoms with Crippen LogP contribution in [0.25, 0.3) is 11.3 Å². The van der Waals surface area contributed by atoms with Crippen molar-refractivity contribution >= 4 is 5.91 Å². The van der Waals surface area contributed by atoms with Crippen molar-refractivity contribution in [2.24, 2.45) is 7.05 Å². The summed E-state index contributed by atoms with van der Waals surface area (Å²) in [6.07, 6.45) is 5.70. The first kappa shape index (κ1) is 21.2. The van der Waals surface area contributed by atoms with Gasteiger partial charge in [-0.1, -0.05) is 18.2 Å². The lowest BCUT2D eigenvalue weighted by Crippen LogP contribution is -2.23. The maximum atomic E-state index is 12.8. The number of hydrogen-bond acceptors (Lipinski definition) is 4. The van der Waals surface area contributed by atoms with Crippen LogP contribution in [-0.2, 0) is 13.6 Å². The Balaban J connectivity index is 1.48. The van der Waals surface area contributed by atoms with Crippen molar-refractivity contribution in [2.75, 3.05) is 7.11 Å². The van der Waals surface area contributed by atoms with Crippen LogP contribution in [0.5, 0.6) is 17.2 Å². The van der Waals surface area contributed by atoms with E-state index >= 15 is 0 Å². The topological polar surface area (TPSA) is 65.4 Å². The second-order valence-corrected chi connectivity index (χ2v) is 7.50. The van der Waals surface area contributed by atoms with Gasteiger partial charge in [0.1, 0.15) is 17.2 Å². The molecule has 0 fully saturated rings. The summed E-state index contributed by atoms with van der Waals surface area (Å²) < 4.78 is 13.3. The second-order valence-electron chi connectivity index (χ2n) is 7.50. The van der Waals surface area contributed by atoms with Crippen molar-refractivity contribution in [1.29, 1.82) is 0 Å². The van der Waals surface area contributed by atoms with E-state index in [0.29, 0.717) is 23.6 Å². The molecule has 2 aromatic heterocycles.